The predicted octanol–water partition coefficient (Wildman–Crippen LogP) is -1.35. The van der Waals surface area contributed by atoms with Crippen molar-refractivity contribution in [3.8, 4) is 0 Å². The summed E-state index contributed by atoms with van der Waals surface area (Å²) in [5, 5.41) is 27.0. The zero-order valence-corrected chi connectivity index (χ0v) is 13.9. The van der Waals surface area contributed by atoms with Crippen molar-refractivity contribution in [3.05, 3.63) is 24.3 Å². The van der Waals surface area contributed by atoms with Crippen LogP contribution in [0.2, 0.25) is 0 Å². The molecule has 0 radical (unpaired) electrons. The van der Waals surface area contributed by atoms with E-state index in [4.69, 9.17) is 28.1 Å². The summed E-state index contributed by atoms with van der Waals surface area (Å²) in [6.45, 7) is 1.50. The van der Waals surface area contributed by atoms with Crippen LogP contribution in [0.5, 0.6) is 0 Å². The van der Waals surface area contributed by atoms with E-state index in [1.807, 2.05) is 0 Å². The second-order valence-corrected chi connectivity index (χ2v) is 5.96. The van der Waals surface area contributed by atoms with Crippen molar-refractivity contribution in [3.63, 3.8) is 0 Å². The lowest BCUT2D eigenvalue weighted by molar-refractivity contribution is 0.598. The molecule has 0 saturated heterocycles. The second kappa shape index (κ2) is 8.46. The van der Waals surface area contributed by atoms with Gasteiger partial charge in [0.2, 0.25) is 27.8 Å². The number of hydrogen-bond donors (Lipinski definition) is 5. The zero-order valence-electron chi connectivity index (χ0n) is 13.1. The monoisotopic (exact) mass is 367 g/mol. The van der Waals surface area contributed by atoms with Gasteiger partial charge < -0.3 is 22.9 Å². The number of guanidine groups is 2. The highest BCUT2D eigenvalue weighted by Crippen LogP contribution is 2.16. The molecule has 0 atom stereocenters. The molecule has 0 spiro atoms. The van der Waals surface area contributed by atoms with E-state index in [0.29, 0.717) is 5.69 Å². The summed E-state index contributed by atoms with van der Waals surface area (Å²) in [5.41, 5.74) is 21.2. The Labute approximate surface area is 143 Å². The van der Waals surface area contributed by atoms with E-state index in [0.717, 1.165) is 0 Å². The summed E-state index contributed by atoms with van der Waals surface area (Å²) in [6.07, 6.45) is 0. The standard InChI is InChI=1S/C11H17N11O2S/c1-6(17-21-10(12)13)9(20-22-11(14)15)19-18-7-2-4-8(5-3-7)25(16,23)24/h2-5H,1H3,(H4,12,13,21)(H4,14,15,22)(H2,16,23,24)/b17-6-,19-18?,20-9+. The largest absolute Gasteiger partial charge is 0.369 e. The molecule has 0 saturated carbocycles. The van der Waals surface area contributed by atoms with Crippen LogP contribution in [0.15, 0.2) is 59.8 Å². The number of benzene rings is 1. The summed E-state index contributed by atoms with van der Waals surface area (Å²) < 4.78 is 22.4. The molecule has 1 aromatic carbocycles. The number of sulfonamides is 1. The van der Waals surface area contributed by atoms with Gasteiger partial charge in [0.15, 0.2) is 0 Å². The number of amidine groups is 1. The first-order valence-electron chi connectivity index (χ1n) is 6.44. The van der Waals surface area contributed by atoms with Gasteiger partial charge in [0.05, 0.1) is 10.6 Å². The van der Waals surface area contributed by atoms with E-state index in [1.54, 1.807) is 0 Å². The van der Waals surface area contributed by atoms with E-state index in [-0.39, 0.29) is 28.4 Å². The third-order valence-corrected chi connectivity index (χ3v) is 3.25. The average Bonchev–Trinajstić information content (AvgIpc) is 2.52. The molecule has 25 heavy (non-hydrogen) atoms. The molecule has 1 rings (SSSR count). The number of rotatable bonds is 5. The quantitative estimate of drug-likeness (QED) is 0.182. The fourth-order valence-corrected chi connectivity index (χ4v) is 1.77. The molecule has 0 aliphatic carbocycles. The van der Waals surface area contributed by atoms with Gasteiger partial charge in [-0.25, -0.2) is 13.6 Å². The van der Waals surface area contributed by atoms with Crippen molar-refractivity contribution >= 4 is 39.2 Å². The maximum absolute atomic E-state index is 11.2. The molecular weight excluding hydrogens is 350 g/mol. The van der Waals surface area contributed by atoms with E-state index >= 15 is 0 Å². The molecule has 0 unspecified atom stereocenters. The molecule has 1 aromatic rings. The van der Waals surface area contributed by atoms with Crippen LogP contribution in [0.4, 0.5) is 5.69 Å². The number of hydrogen-bond acceptors (Lipinski definition) is 7. The Bertz CT molecular complexity index is 858. The van der Waals surface area contributed by atoms with Gasteiger partial charge in [0, 0.05) is 0 Å². The molecule has 134 valence electrons. The second-order valence-electron chi connectivity index (χ2n) is 4.40. The van der Waals surface area contributed by atoms with E-state index in [9.17, 15) is 8.42 Å². The number of nitrogens with two attached hydrogens (primary N) is 5. The summed E-state index contributed by atoms with van der Waals surface area (Å²) in [4.78, 5) is -0.0636. The minimum Gasteiger partial charge on any atom is -0.369 e. The van der Waals surface area contributed by atoms with Gasteiger partial charge in [0.1, 0.15) is 5.71 Å². The molecule has 0 aliphatic rings. The Balaban J connectivity index is 3.15. The fourth-order valence-electron chi connectivity index (χ4n) is 1.25. The predicted molar refractivity (Wildman–Crippen MR) is 94.5 cm³/mol. The Morgan fingerprint density at radius 3 is 1.88 bits per heavy atom. The molecule has 0 aliphatic heterocycles. The van der Waals surface area contributed by atoms with Gasteiger partial charge in [-0.3, -0.25) is 0 Å². The van der Waals surface area contributed by atoms with Crippen molar-refractivity contribution in [2.75, 3.05) is 0 Å². The smallest absolute Gasteiger partial charge is 0.238 e. The number of primary sulfonamides is 1. The topological polar surface area (TPSA) is 238 Å². The zero-order chi connectivity index (χ0) is 19.0. The van der Waals surface area contributed by atoms with Crippen molar-refractivity contribution < 1.29 is 8.42 Å². The van der Waals surface area contributed by atoms with Crippen molar-refractivity contribution in [1.82, 2.24) is 0 Å². The van der Waals surface area contributed by atoms with E-state index in [1.165, 1.54) is 31.2 Å². The molecule has 0 heterocycles. The normalized spacial score (nSPS) is 12.9. The lowest BCUT2D eigenvalue weighted by Gasteiger charge is -1.99. The highest BCUT2D eigenvalue weighted by molar-refractivity contribution is 7.89. The van der Waals surface area contributed by atoms with Gasteiger partial charge >= 0.3 is 0 Å². The molecule has 0 amide bonds. The Kier molecular flexibility index (Phi) is 6.65. The van der Waals surface area contributed by atoms with Gasteiger partial charge in [-0.2, -0.15) is 0 Å². The maximum Gasteiger partial charge on any atom is 0.238 e. The molecule has 0 aromatic heterocycles. The van der Waals surface area contributed by atoms with Crippen LogP contribution in [0.25, 0.3) is 0 Å². The van der Waals surface area contributed by atoms with Crippen molar-refractivity contribution in [1.29, 1.82) is 0 Å². The first-order valence-corrected chi connectivity index (χ1v) is 7.99. The minimum atomic E-state index is -3.80. The first kappa shape index (κ1) is 19.7. The summed E-state index contributed by atoms with van der Waals surface area (Å²) in [6, 6.07) is 5.33. The van der Waals surface area contributed by atoms with Gasteiger partial charge in [0.25, 0.3) is 0 Å². The summed E-state index contributed by atoms with van der Waals surface area (Å²) >= 11 is 0. The number of azo groups is 1. The Hall–Kier alpha value is -3.39. The highest BCUT2D eigenvalue weighted by Gasteiger charge is 2.07. The Morgan fingerprint density at radius 1 is 0.880 bits per heavy atom. The molecule has 0 bridgehead atoms. The van der Waals surface area contributed by atoms with Crippen LogP contribution in [-0.2, 0) is 10.0 Å². The van der Waals surface area contributed by atoms with E-state index in [2.05, 4.69) is 30.6 Å². The third-order valence-electron chi connectivity index (χ3n) is 2.32. The molecular formula is C11H17N11O2S. The van der Waals surface area contributed by atoms with Crippen LogP contribution in [0, 0.1) is 0 Å². The Morgan fingerprint density at radius 2 is 1.40 bits per heavy atom. The summed E-state index contributed by atoms with van der Waals surface area (Å²) in [7, 11) is -3.80. The molecule has 0 fully saturated rings. The molecule has 13 nitrogen and oxygen atoms in total. The average molecular weight is 367 g/mol. The maximum atomic E-state index is 11.2. The minimum absolute atomic E-state index is 0.0636. The van der Waals surface area contributed by atoms with Crippen LogP contribution in [-0.4, -0.2) is 31.9 Å². The molecule has 10 N–H and O–H groups in total. The van der Waals surface area contributed by atoms with Gasteiger partial charge in [-0.1, -0.05) is 0 Å². The fraction of sp³-hybridized carbons (Fsp3) is 0.0909. The molecule has 14 heteroatoms. The SMILES string of the molecule is CC(=N/N=C(N)N)/C(N=Nc1ccc(S(N)(=O)=O)cc1)=N\N=C(N)N. The third kappa shape index (κ3) is 7.14. The lowest BCUT2D eigenvalue weighted by atomic mass is 10.3. The van der Waals surface area contributed by atoms with Crippen LogP contribution >= 0.6 is 0 Å². The van der Waals surface area contributed by atoms with Crippen molar-refractivity contribution in [2.45, 2.75) is 11.8 Å². The van der Waals surface area contributed by atoms with Crippen LogP contribution in [0.3, 0.4) is 0 Å². The number of nitrogens with zero attached hydrogens (tertiary/aromatic N) is 6. The van der Waals surface area contributed by atoms with Crippen LogP contribution < -0.4 is 28.1 Å². The summed E-state index contributed by atoms with van der Waals surface area (Å²) in [5.74, 6) is -0.648. The van der Waals surface area contributed by atoms with E-state index < -0.39 is 10.0 Å². The first-order chi connectivity index (χ1) is 11.6. The lowest BCUT2D eigenvalue weighted by Crippen LogP contribution is -2.23. The van der Waals surface area contributed by atoms with Gasteiger partial charge in [-0.15, -0.1) is 30.6 Å². The van der Waals surface area contributed by atoms with Crippen LogP contribution in [0.1, 0.15) is 6.92 Å². The van der Waals surface area contributed by atoms with Gasteiger partial charge in [-0.05, 0) is 31.2 Å². The van der Waals surface area contributed by atoms with Crippen molar-refractivity contribution in [2.24, 2.45) is 58.7 Å². The highest BCUT2D eigenvalue weighted by atomic mass is 32.2.